The van der Waals surface area contributed by atoms with E-state index in [0.717, 1.165) is 16.7 Å². The highest BCUT2D eigenvalue weighted by Gasteiger charge is 2.39. The zero-order chi connectivity index (χ0) is 15.6. The lowest BCUT2D eigenvalue weighted by Gasteiger charge is -2.02. The van der Waals surface area contributed by atoms with Gasteiger partial charge in [0.2, 0.25) is 11.7 Å². The van der Waals surface area contributed by atoms with Crippen molar-refractivity contribution in [3.8, 4) is 0 Å². The number of ketones is 1. The molecule has 0 atom stereocenters. The van der Waals surface area contributed by atoms with Gasteiger partial charge in [-0.1, -0.05) is 23.4 Å². The predicted molar refractivity (Wildman–Crippen MR) is 67.8 cm³/mol. The molecule has 1 heterocycles. The minimum Gasteiger partial charge on any atom is -0.339 e. The van der Waals surface area contributed by atoms with Gasteiger partial charge in [-0.15, -0.1) is 0 Å². The Morgan fingerprint density at radius 3 is 2.57 bits per heavy atom. The van der Waals surface area contributed by atoms with E-state index in [0.29, 0.717) is 6.42 Å². The molecule has 0 bridgehead atoms. The summed E-state index contributed by atoms with van der Waals surface area (Å²) in [4.78, 5) is 14.6. The Balaban J connectivity index is 2.06. The van der Waals surface area contributed by atoms with E-state index in [4.69, 9.17) is 0 Å². The number of halogens is 3. The van der Waals surface area contributed by atoms with Gasteiger partial charge in [-0.3, -0.25) is 4.79 Å². The van der Waals surface area contributed by atoms with E-state index in [-0.39, 0.29) is 11.7 Å². The van der Waals surface area contributed by atoms with E-state index >= 15 is 0 Å². The normalized spacial score (nSPS) is 11.7. The monoisotopic (exact) mass is 298 g/mol. The van der Waals surface area contributed by atoms with Crippen molar-refractivity contribution in [3.05, 3.63) is 46.6 Å². The second-order valence-electron chi connectivity index (χ2n) is 4.80. The lowest BCUT2D eigenvalue weighted by molar-refractivity contribution is -0.170. The van der Waals surface area contributed by atoms with E-state index in [1.165, 1.54) is 0 Å². The SMILES string of the molecule is Cc1ccc(Cc2noc(CC(=O)C(F)(F)F)n2)cc1C. The fourth-order valence-corrected chi connectivity index (χ4v) is 1.77. The quantitative estimate of drug-likeness (QED) is 0.871. The van der Waals surface area contributed by atoms with Crippen LogP contribution in [0.15, 0.2) is 22.7 Å². The zero-order valence-electron chi connectivity index (χ0n) is 11.5. The van der Waals surface area contributed by atoms with Gasteiger partial charge >= 0.3 is 6.18 Å². The van der Waals surface area contributed by atoms with E-state index in [2.05, 4.69) is 14.7 Å². The van der Waals surface area contributed by atoms with Crippen molar-refractivity contribution in [2.45, 2.75) is 32.9 Å². The first-order valence-corrected chi connectivity index (χ1v) is 6.23. The molecule has 2 rings (SSSR count). The van der Waals surface area contributed by atoms with Crippen molar-refractivity contribution in [2.75, 3.05) is 0 Å². The van der Waals surface area contributed by atoms with Crippen molar-refractivity contribution < 1.29 is 22.5 Å². The number of rotatable bonds is 4. The maximum Gasteiger partial charge on any atom is 0.450 e. The van der Waals surface area contributed by atoms with Crippen molar-refractivity contribution in [1.29, 1.82) is 0 Å². The standard InChI is InChI=1S/C14H13F3N2O2/c1-8-3-4-10(5-9(8)2)6-12-18-13(21-19-12)7-11(20)14(15,16)17/h3-5H,6-7H2,1-2H3. The van der Waals surface area contributed by atoms with Crippen molar-refractivity contribution >= 4 is 5.78 Å². The van der Waals surface area contributed by atoms with Crippen LogP contribution in [-0.4, -0.2) is 22.1 Å². The summed E-state index contributed by atoms with van der Waals surface area (Å²) in [6, 6.07) is 5.78. The summed E-state index contributed by atoms with van der Waals surface area (Å²) >= 11 is 0. The summed E-state index contributed by atoms with van der Waals surface area (Å²) in [5.74, 6) is -1.97. The van der Waals surface area contributed by atoms with Crippen LogP contribution in [0.25, 0.3) is 0 Å². The predicted octanol–water partition coefficient (Wildman–Crippen LogP) is 2.95. The molecule has 0 saturated carbocycles. The number of aryl methyl sites for hydroxylation is 2. The van der Waals surface area contributed by atoms with Gasteiger partial charge in [-0.25, -0.2) is 0 Å². The minimum atomic E-state index is -4.89. The number of aromatic nitrogens is 2. The number of benzene rings is 1. The van der Waals surface area contributed by atoms with Gasteiger partial charge in [-0.2, -0.15) is 18.2 Å². The molecule has 0 aliphatic rings. The molecular formula is C14H13F3N2O2. The molecule has 0 amide bonds. The molecule has 1 aromatic heterocycles. The molecule has 7 heteroatoms. The Kier molecular flexibility index (Phi) is 4.11. The third kappa shape index (κ3) is 3.90. The molecule has 0 fully saturated rings. The van der Waals surface area contributed by atoms with Gasteiger partial charge < -0.3 is 4.52 Å². The number of Topliss-reactive ketones (excluding diaryl/α,β-unsaturated/α-hetero) is 1. The first-order valence-electron chi connectivity index (χ1n) is 6.23. The van der Waals surface area contributed by atoms with Crippen LogP contribution < -0.4 is 0 Å². The molecule has 1 aromatic carbocycles. The highest BCUT2D eigenvalue weighted by atomic mass is 19.4. The number of nitrogens with zero attached hydrogens (tertiary/aromatic N) is 2. The fraction of sp³-hybridized carbons (Fsp3) is 0.357. The van der Waals surface area contributed by atoms with Gasteiger partial charge in [-0.05, 0) is 30.5 Å². The third-order valence-corrected chi connectivity index (χ3v) is 3.07. The molecule has 0 aliphatic heterocycles. The summed E-state index contributed by atoms with van der Waals surface area (Å²) < 4.78 is 41.1. The van der Waals surface area contributed by atoms with Gasteiger partial charge in [0.25, 0.3) is 0 Å². The second kappa shape index (κ2) is 5.67. The maximum absolute atomic E-state index is 12.1. The molecule has 0 aliphatic carbocycles. The minimum absolute atomic E-state index is 0.253. The molecule has 4 nitrogen and oxygen atoms in total. The van der Waals surface area contributed by atoms with Crippen LogP contribution in [0.4, 0.5) is 13.2 Å². The summed E-state index contributed by atoms with van der Waals surface area (Å²) in [6.45, 7) is 3.94. The lowest BCUT2D eigenvalue weighted by Crippen LogP contribution is -2.24. The molecule has 2 aromatic rings. The summed E-state index contributed by atoms with van der Waals surface area (Å²) in [5, 5.41) is 3.59. The number of alkyl halides is 3. The molecule has 112 valence electrons. The fourth-order valence-electron chi connectivity index (χ4n) is 1.77. The lowest BCUT2D eigenvalue weighted by atomic mass is 10.0. The Morgan fingerprint density at radius 1 is 1.24 bits per heavy atom. The first-order chi connectivity index (χ1) is 9.75. The first kappa shape index (κ1) is 15.2. The Labute approximate surface area is 119 Å². The summed E-state index contributed by atoms with van der Waals surface area (Å²) in [6.07, 6.45) is -5.48. The maximum atomic E-state index is 12.1. The highest BCUT2D eigenvalue weighted by molar-refractivity contribution is 5.85. The largest absolute Gasteiger partial charge is 0.450 e. The Morgan fingerprint density at radius 2 is 1.95 bits per heavy atom. The van der Waals surface area contributed by atoms with Gasteiger partial charge in [0, 0.05) is 6.42 Å². The number of carbonyl (C=O) groups is 1. The van der Waals surface area contributed by atoms with E-state index in [1.807, 2.05) is 32.0 Å². The van der Waals surface area contributed by atoms with Crippen LogP contribution in [0, 0.1) is 13.8 Å². The molecule has 0 saturated heterocycles. The Hall–Kier alpha value is -2.18. The van der Waals surface area contributed by atoms with Crippen LogP contribution in [0.2, 0.25) is 0 Å². The number of hydrogen-bond acceptors (Lipinski definition) is 4. The van der Waals surface area contributed by atoms with Gasteiger partial charge in [0.1, 0.15) is 0 Å². The molecule has 0 spiro atoms. The van der Waals surface area contributed by atoms with E-state index in [9.17, 15) is 18.0 Å². The van der Waals surface area contributed by atoms with Crippen LogP contribution in [0.5, 0.6) is 0 Å². The van der Waals surface area contributed by atoms with Crippen LogP contribution in [0.3, 0.4) is 0 Å². The van der Waals surface area contributed by atoms with Crippen LogP contribution in [-0.2, 0) is 17.6 Å². The van der Waals surface area contributed by atoms with E-state index < -0.39 is 18.4 Å². The van der Waals surface area contributed by atoms with Crippen molar-refractivity contribution in [3.63, 3.8) is 0 Å². The average Bonchev–Trinajstić information content (AvgIpc) is 2.80. The molecule has 0 N–H and O–H groups in total. The number of hydrogen-bond donors (Lipinski definition) is 0. The third-order valence-electron chi connectivity index (χ3n) is 3.07. The molecule has 21 heavy (non-hydrogen) atoms. The van der Waals surface area contributed by atoms with Gasteiger partial charge in [0.05, 0.1) is 6.42 Å². The van der Waals surface area contributed by atoms with Crippen LogP contribution >= 0.6 is 0 Å². The Bertz CT molecular complexity index is 662. The molecule has 0 unspecified atom stereocenters. The van der Waals surface area contributed by atoms with E-state index in [1.54, 1.807) is 0 Å². The summed E-state index contributed by atoms with van der Waals surface area (Å²) in [7, 11) is 0. The molecular weight excluding hydrogens is 285 g/mol. The zero-order valence-corrected chi connectivity index (χ0v) is 11.5. The van der Waals surface area contributed by atoms with Gasteiger partial charge in [0.15, 0.2) is 5.82 Å². The average molecular weight is 298 g/mol. The second-order valence-corrected chi connectivity index (χ2v) is 4.80. The smallest absolute Gasteiger partial charge is 0.339 e. The topological polar surface area (TPSA) is 56.0 Å². The van der Waals surface area contributed by atoms with Crippen molar-refractivity contribution in [2.24, 2.45) is 0 Å². The van der Waals surface area contributed by atoms with Crippen LogP contribution in [0.1, 0.15) is 28.4 Å². The number of carbonyl (C=O) groups excluding carboxylic acids is 1. The summed E-state index contributed by atoms with van der Waals surface area (Å²) in [5.41, 5.74) is 3.17. The van der Waals surface area contributed by atoms with Crippen molar-refractivity contribution in [1.82, 2.24) is 10.1 Å². The highest BCUT2D eigenvalue weighted by Crippen LogP contribution is 2.18. The molecule has 0 radical (unpaired) electrons.